The number of cyclic esters (lactones) is 1. The molecule has 5 fully saturated rings. The molecule has 12 atom stereocenters. The van der Waals surface area contributed by atoms with E-state index in [-0.39, 0.29) is 53.4 Å². The number of rotatable bonds is 4. The molecule has 5 aliphatic heterocycles. The summed E-state index contributed by atoms with van der Waals surface area (Å²) >= 11 is 0. The Morgan fingerprint density at radius 2 is 2.00 bits per heavy atom. The van der Waals surface area contributed by atoms with Crippen molar-refractivity contribution in [1.29, 1.82) is 0 Å². The number of nitrogens with zero attached hydrogens (tertiary/aromatic N) is 2. The maximum Gasteiger partial charge on any atom is 0.309 e. The van der Waals surface area contributed by atoms with E-state index in [9.17, 15) is 19.8 Å². The molecule has 2 saturated carbocycles. The van der Waals surface area contributed by atoms with Crippen LogP contribution in [0, 0.1) is 41.4 Å². The van der Waals surface area contributed by atoms with Gasteiger partial charge in [-0.05, 0) is 42.7 Å². The maximum absolute atomic E-state index is 13.9. The number of carbonyl (C=O) groups excluding carboxylic acids is 2. The summed E-state index contributed by atoms with van der Waals surface area (Å²) in [6.45, 7) is 5.00. The number of anilines is 1. The van der Waals surface area contributed by atoms with Gasteiger partial charge in [-0.2, -0.15) is 5.06 Å². The van der Waals surface area contributed by atoms with Crippen LogP contribution in [-0.2, 0) is 29.3 Å². The van der Waals surface area contributed by atoms with Crippen LogP contribution in [0.15, 0.2) is 29.3 Å². The molecule has 1 aromatic carbocycles. The molecule has 38 heavy (non-hydrogen) atoms. The molecule has 1 amide bonds. The van der Waals surface area contributed by atoms with Crippen LogP contribution < -0.4 is 5.06 Å². The normalized spacial score (nSPS) is 45.6. The third-order valence-electron chi connectivity index (χ3n) is 10.7. The lowest BCUT2D eigenvalue weighted by atomic mass is 9.69. The van der Waals surface area contributed by atoms with Crippen LogP contribution >= 0.6 is 0 Å². The van der Waals surface area contributed by atoms with Gasteiger partial charge in [0.15, 0.2) is 0 Å². The fourth-order valence-electron chi connectivity index (χ4n) is 9.01. The zero-order valence-corrected chi connectivity index (χ0v) is 22.0. The number of hydroxylamine groups is 1. The summed E-state index contributed by atoms with van der Waals surface area (Å²) < 4.78 is 11.9. The fourth-order valence-corrected chi connectivity index (χ4v) is 9.01. The van der Waals surface area contributed by atoms with Gasteiger partial charge in [0.1, 0.15) is 11.5 Å². The predicted octanol–water partition coefficient (Wildman–Crippen LogP) is 1.88. The summed E-state index contributed by atoms with van der Waals surface area (Å²) in [4.78, 5) is 37.5. The first-order valence-electron chi connectivity index (χ1n) is 14.0. The molecule has 9 nitrogen and oxygen atoms in total. The Morgan fingerprint density at radius 3 is 2.79 bits per heavy atom. The molecule has 0 aromatic heterocycles. The molecule has 2 N–H and O–H groups in total. The number of carbonyl (C=O) groups is 2. The topological polar surface area (TPSA) is 118 Å². The van der Waals surface area contributed by atoms with Crippen molar-refractivity contribution in [1.82, 2.24) is 0 Å². The molecule has 1 spiro atoms. The van der Waals surface area contributed by atoms with Crippen molar-refractivity contribution in [3.8, 4) is 0 Å². The Hall–Kier alpha value is -2.33. The number of fused-ring (bicyclic) bond motifs is 3. The van der Waals surface area contributed by atoms with E-state index < -0.39 is 23.7 Å². The van der Waals surface area contributed by atoms with Gasteiger partial charge in [0.05, 0.1) is 50.2 Å². The summed E-state index contributed by atoms with van der Waals surface area (Å²) in [5.74, 6) is -0.785. The number of aliphatic hydroxyl groups excluding tert-OH is 2. The minimum absolute atomic E-state index is 0.0298. The van der Waals surface area contributed by atoms with Gasteiger partial charge in [-0.1, -0.05) is 32.0 Å². The Morgan fingerprint density at radius 1 is 1.21 bits per heavy atom. The number of para-hydroxylation sites is 1. The van der Waals surface area contributed by atoms with Crippen molar-refractivity contribution in [3.63, 3.8) is 0 Å². The van der Waals surface area contributed by atoms with E-state index in [1.807, 2.05) is 24.3 Å². The van der Waals surface area contributed by atoms with Crippen LogP contribution in [0.2, 0.25) is 0 Å². The lowest BCUT2D eigenvalue weighted by Crippen LogP contribution is -2.58. The van der Waals surface area contributed by atoms with Gasteiger partial charge in [0, 0.05) is 29.4 Å². The standard InChI is InChI=1S/C29H36N2O7/c1-13-9-21(32)22-15(27(34)38-11-16(13)22)8-14(2)24-23-17-12-37-26(25(23)33)29(10-19(17)30-24)18-6-4-5-7-20(18)31(36-3)28(29)35/h4-7,13-17,19,21-23,25-26,32-33H,8-12H2,1-3H3/t13-,14-,15+,16+,17+,19-,21-,22+,23+,25-,26+,29-/m0/s1. The van der Waals surface area contributed by atoms with Crippen LogP contribution in [0.25, 0.3) is 0 Å². The van der Waals surface area contributed by atoms with E-state index in [1.54, 1.807) is 0 Å². The molecule has 3 saturated heterocycles. The molecular weight excluding hydrogens is 488 g/mol. The van der Waals surface area contributed by atoms with Crippen molar-refractivity contribution in [3.05, 3.63) is 29.8 Å². The van der Waals surface area contributed by atoms with Gasteiger partial charge in [-0.15, -0.1) is 0 Å². The lowest BCUT2D eigenvalue weighted by molar-refractivity contribution is -0.165. The first-order valence-corrected chi connectivity index (χ1v) is 14.0. The molecule has 7 aliphatic rings. The molecule has 0 unspecified atom stereocenters. The number of aliphatic imine (C=N–C) groups is 1. The molecular formula is C29H36N2O7. The van der Waals surface area contributed by atoms with Crippen LogP contribution in [0.4, 0.5) is 5.69 Å². The number of benzene rings is 1. The van der Waals surface area contributed by atoms with Crippen molar-refractivity contribution in [2.45, 2.75) is 62.9 Å². The molecule has 1 aromatic rings. The highest BCUT2D eigenvalue weighted by Crippen LogP contribution is 2.57. The zero-order valence-electron chi connectivity index (χ0n) is 22.0. The quantitative estimate of drug-likeness (QED) is 0.578. The average molecular weight is 525 g/mol. The SMILES string of the molecule is CON1C(=O)[C@@]2(C[C@@H]3N=C([C@@H](C)C[C@H]4C(=O)OC[C@H]5[C@@H]4[C@@H](O)C[C@@H]5C)[C@@H]4[C@H](O)[C@H]2OC[C@@H]43)c2ccccc21. The first kappa shape index (κ1) is 24.7. The van der Waals surface area contributed by atoms with Gasteiger partial charge in [0.25, 0.3) is 5.91 Å². The maximum atomic E-state index is 13.9. The molecule has 9 heteroatoms. The van der Waals surface area contributed by atoms with Gasteiger partial charge in [-0.25, -0.2) is 0 Å². The van der Waals surface area contributed by atoms with Crippen molar-refractivity contribution in [2.24, 2.45) is 46.4 Å². The number of aliphatic hydroxyl groups is 2. The van der Waals surface area contributed by atoms with E-state index in [1.165, 1.54) is 12.2 Å². The smallest absolute Gasteiger partial charge is 0.309 e. The number of hydrogen-bond donors (Lipinski definition) is 2. The van der Waals surface area contributed by atoms with Gasteiger partial charge >= 0.3 is 5.97 Å². The third kappa shape index (κ3) is 3.10. The minimum Gasteiger partial charge on any atom is -0.465 e. The van der Waals surface area contributed by atoms with Gasteiger partial charge in [0.2, 0.25) is 0 Å². The van der Waals surface area contributed by atoms with Crippen LogP contribution in [-0.4, -0.2) is 72.5 Å². The fraction of sp³-hybridized carbons (Fsp3) is 0.690. The summed E-state index contributed by atoms with van der Waals surface area (Å²) in [6, 6.07) is 7.38. The van der Waals surface area contributed by atoms with Crippen molar-refractivity contribution >= 4 is 23.3 Å². The Labute approximate surface area is 222 Å². The van der Waals surface area contributed by atoms with E-state index in [0.717, 1.165) is 11.3 Å². The molecule has 2 aliphatic carbocycles. The molecule has 8 rings (SSSR count). The Kier molecular flexibility index (Phi) is 5.58. The second-order valence-electron chi connectivity index (χ2n) is 12.4. The molecule has 4 bridgehead atoms. The number of ether oxygens (including phenoxy) is 2. The number of amides is 1. The second kappa shape index (κ2) is 8.58. The van der Waals surface area contributed by atoms with E-state index in [2.05, 4.69) is 13.8 Å². The highest BCUT2D eigenvalue weighted by molar-refractivity contribution is 6.08. The first-order chi connectivity index (χ1) is 18.3. The van der Waals surface area contributed by atoms with E-state index >= 15 is 0 Å². The van der Waals surface area contributed by atoms with E-state index in [4.69, 9.17) is 19.3 Å². The molecule has 0 radical (unpaired) electrons. The largest absolute Gasteiger partial charge is 0.465 e. The van der Waals surface area contributed by atoms with Gasteiger partial charge in [-0.3, -0.25) is 19.4 Å². The Balaban J connectivity index is 1.22. The second-order valence-corrected chi connectivity index (χ2v) is 12.4. The monoisotopic (exact) mass is 524 g/mol. The zero-order chi connectivity index (χ0) is 26.5. The highest BCUT2D eigenvalue weighted by Gasteiger charge is 2.67. The van der Waals surface area contributed by atoms with E-state index in [0.29, 0.717) is 44.1 Å². The number of esters is 1. The van der Waals surface area contributed by atoms with Crippen LogP contribution in [0.3, 0.4) is 0 Å². The summed E-state index contributed by atoms with van der Waals surface area (Å²) in [7, 11) is 1.48. The minimum atomic E-state index is -1.07. The van der Waals surface area contributed by atoms with Crippen LogP contribution in [0.5, 0.6) is 0 Å². The molecule has 204 valence electrons. The van der Waals surface area contributed by atoms with Crippen LogP contribution in [0.1, 0.15) is 38.7 Å². The summed E-state index contributed by atoms with van der Waals surface area (Å²) in [5.41, 5.74) is 1.34. The highest BCUT2D eigenvalue weighted by atomic mass is 16.7. The summed E-state index contributed by atoms with van der Waals surface area (Å²) in [6.07, 6.45) is -0.477. The number of hydrogen-bond acceptors (Lipinski definition) is 8. The predicted molar refractivity (Wildman–Crippen MR) is 136 cm³/mol. The average Bonchev–Trinajstić information content (AvgIpc) is 3.42. The van der Waals surface area contributed by atoms with Crippen molar-refractivity contribution < 1.29 is 34.1 Å². The molecule has 5 heterocycles. The van der Waals surface area contributed by atoms with Gasteiger partial charge < -0.3 is 19.7 Å². The summed E-state index contributed by atoms with van der Waals surface area (Å²) in [5, 5.41) is 24.0. The Bertz CT molecular complexity index is 1200. The van der Waals surface area contributed by atoms with Crippen molar-refractivity contribution in [2.75, 3.05) is 25.4 Å². The lowest BCUT2D eigenvalue weighted by Gasteiger charge is -2.43. The third-order valence-corrected chi connectivity index (χ3v) is 10.7.